The first-order valence-corrected chi connectivity index (χ1v) is 9.48. The maximum absolute atomic E-state index is 13.4. The third-order valence-electron chi connectivity index (χ3n) is 5.52. The van der Waals surface area contributed by atoms with Crippen molar-refractivity contribution < 1.29 is 19.0 Å². The molecule has 2 aromatic rings. The molecule has 3 aliphatic rings. The number of benzene rings is 1. The molecule has 1 heterocycles. The summed E-state index contributed by atoms with van der Waals surface area (Å²) in [6.45, 7) is 0.297. The topological polar surface area (TPSA) is 83.5 Å². The second-order valence-corrected chi connectivity index (χ2v) is 8.10. The van der Waals surface area contributed by atoms with Crippen LogP contribution in [0.1, 0.15) is 25.0 Å². The lowest BCUT2D eigenvalue weighted by molar-refractivity contribution is -0.223. The average Bonchev–Trinajstić information content (AvgIpc) is 2.63. The molecule has 0 spiro atoms. The number of ether oxygens (including phenoxy) is 1. The van der Waals surface area contributed by atoms with Gasteiger partial charge in [0.1, 0.15) is 17.8 Å². The summed E-state index contributed by atoms with van der Waals surface area (Å²) in [4.78, 5) is 16.4. The maximum atomic E-state index is 13.4. The minimum atomic E-state index is -0.637. The number of aliphatic hydroxyl groups is 1. The Kier molecular flexibility index (Phi) is 4.99. The van der Waals surface area contributed by atoms with Gasteiger partial charge in [-0.05, 0) is 43.5 Å². The Labute approximate surface area is 167 Å². The van der Waals surface area contributed by atoms with Crippen LogP contribution in [-0.4, -0.2) is 34.4 Å². The van der Waals surface area contributed by atoms with Gasteiger partial charge in [0.05, 0.1) is 10.7 Å². The molecule has 1 amide bonds. The molecule has 0 aliphatic heterocycles. The summed E-state index contributed by atoms with van der Waals surface area (Å²) >= 11 is 5.62. The van der Waals surface area contributed by atoms with Crippen LogP contribution in [0.2, 0.25) is 5.02 Å². The third kappa shape index (κ3) is 3.70. The first kappa shape index (κ1) is 19.1. The molecule has 0 radical (unpaired) electrons. The summed E-state index contributed by atoms with van der Waals surface area (Å²) in [6, 6.07) is 9.70. The van der Waals surface area contributed by atoms with Crippen LogP contribution in [0.4, 0.5) is 4.39 Å². The number of rotatable bonds is 8. The number of carbonyl (C=O) groups is 1. The normalized spacial score (nSPS) is 26.0. The molecule has 3 aliphatic carbocycles. The van der Waals surface area contributed by atoms with Crippen LogP contribution in [0, 0.1) is 11.2 Å². The van der Waals surface area contributed by atoms with Gasteiger partial charge in [-0.15, -0.1) is 0 Å². The molecule has 1 atom stereocenters. The van der Waals surface area contributed by atoms with Gasteiger partial charge in [0.25, 0.3) is 5.91 Å². The minimum absolute atomic E-state index is 0.00572. The Morgan fingerprint density at radius 1 is 1.32 bits per heavy atom. The van der Waals surface area contributed by atoms with Crippen LogP contribution in [0.5, 0.6) is 5.75 Å². The lowest BCUT2D eigenvalue weighted by atomic mass is 9.38. The molecule has 0 saturated heterocycles. The number of aliphatic hydroxyl groups excluding tert-OH is 1. The predicted molar refractivity (Wildman–Crippen MR) is 101 cm³/mol. The van der Waals surface area contributed by atoms with E-state index in [0.29, 0.717) is 6.54 Å². The number of hydrogen-bond donors (Lipinski definition) is 3. The SMILES string of the molecule is O=C(COc1ccc(Cl)c(F)c1)NC12CC(C(O)NCc3ccccn3)(C1)C2. The van der Waals surface area contributed by atoms with Crippen molar-refractivity contribution >= 4 is 17.5 Å². The van der Waals surface area contributed by atoms with Gasteiger partial charge in [-0.25, -0.2) is 4.39 Å². The molecule has 3 N–H and O–H groups in total. The van der Waals surface area contributed by atoms with Gasteiger partial charge < -0.3 is 15.2 Å². The predicted octanol–water partition coefficient (Wildman–Crippen LogP) is 2.40. The number of nitrogens with zero attached hydrogens (tertiary/aromatic N) is 1. The lowest BCUT2D eigenvalue weighted by Crippen LogP contribution is -2.79. The third-order valence-corrected chi connectivity index (χ3v) is 5.83. The molecule has 28 heavy (non-hydrogen) atoms. The van der Waals surface area contributed by atoms with Gasteiger partial charge in [-0.1, -0.05) is 17.7 Å². The number of hydrogen-bond acceptors (Lipinski definition) is 5. The van der Waals surface area contributed by atoms with Crippen molar-refractivity contribution in [2.75, 3.05) is 6.61 Å². The molecular weight excluding hydrogens is 385 g/mol. The molecule has 1 aromatic carbocycles. The van der Waals surface area contributed by atoms with Crippen molar-refractivity contribution in [1.29, 1.82) is 0 Å². The summed E-state index contributed by atoms with van der Waals surface area (Å²) in [5.74, 6) is -0.604. The molecule has 1 unspecified atom stereocenters. The second kappa shape index (κ2) is 7.31. The van der Waals surface area contributed by atoms with E-state index >= 15 is 0 Å². The summed E-state index contributed by atoms with van der Waals surface area (Å²) in [6.07, 6.45) is 3.24. The standard InChI is InChI=1S/C20H21ClFN3O3/c21-15-5-4-14(7-16(15)22)28-9-17(26)25-20-10-19(11-20,12-20)18(27)24-8-13-3-1-2-6-23-13/h1-7,18,24,27H,8-12H2,(H,25,26). The molecule has 6 nitrogen and oxygen atoms in total. The van der Waals surface area contributed by atoms with E-state index in [2.05, 4.69) is 15.6 Å². The summed E-state index contributed by atoms with van der Waals surface area (Å²) in [5.41, 5.74) is 0.411. The molecule has 148 valence electrons. The molecule has 2 bridgehead atoms. The Morgan fingerprint density at radius 2 is 2.11 bits per heavy atom. The molecule has 8 heteroatoms. The van der Waals surface area contributed by atoms with Crippen molar-refractivity contribution in [3.05, 3.63) is 59.1 Å². The van der Waals surface area contributed by atoms with E-state index in [9.17, 15) is 14.3 Å². The first-order chi connectivity index (χ1) is 13.4. The first-order valence-electron chi connectivity index (χ1n) is 9.10. The second-order valence-electron chi connectivity index (χ2n) is 7.69. The van der Waals surface area contributed by atoms with Crippen molar-refractivity contribution in [3.8, 4) is 5.75 Å². The monoisotopic (exact) mass is 405 g/mol. The van der Waals surface area contributed by atoms with Crippen molar-refractivity contribution in [3.63, 3.8) is 0 Å². The summed E-state index contributed by atoms with van der Waals surface area (Å²) in [5, 5.41) is 16.5. The van der Waals surface area contributed by atoms with Gasteiger partial charge in [0.15, 0.2) is 6.61 Å². The van der Waals surface area contributed by atoms with E-state index in [0.717, 1.165) is 31.0 Å². The zero-order valence-corrected chi connectivity index (χ0v) is 15.9. The van der Waals surface area contributed by atoms with Gasteiger partial charge in [-0.2, -0.15) is 0 Å². The van der Waals surface area contributed by atoms with Crippen molar-refractivity contribution in [1.82, 2.24) is 15.6 Å². The highest BCUT2D eigenvalue weighted by atomic mass is 35.5. The summed E-state index contributed by atoms with van der Waals surface area (Å²) < 4.78 is 18.7. The number of nitrogens with one attached hydrogen (secondary N) is 2. The largest absolute Gasteiger partial charge is 0.484 e. The zero-order chi connectivity index (χ0) is 19.8. The minimum Gasteiger partial charge on any atom is -0.484 e. The van der Waals surface area contributed by atoms with E-state index in [1.54, 1.807) is 6.20 Å². The van der Waals surface area contributed by atoms with Crippen LogP contribution in [-0.2, 0) is 11.3 Å². The van der Waals surface area contributed by atoms with E-state index < -0.39 is 12.0 Å². The lowest BCUT2D eigenvalue weighted by Gasteiger charge is -2.71. The van der Waals surface area contributed by atoms with Crippen LogP contribution in [0.15, 0.2) is 42.6 Å². The molecular formula is C20H21ClFN3O3. The molecule has 3 fully saturated rings. The maximum Gasteiger partial charge on any atom is 0.258 e. The zero-order valence-electron chi connectivity index (χ0n) is 15.1. The number of pyridine rings is 1. The van der Waals surface area contributed by atoms with Gasteiger partial charge in [0, 0.05) is 29.8 Å². The number of halogens is 2. The fraction of sp³-hybridized carbons (Fsp3) is 0.400. The smallest absolute Gasteiger partial charge is 0.258 e. The van der Waals surface area contributed by atoms with Crippen LogP contribution in [0.3, 0.4) is 0 Å². The number of amides is 1. The molecule has 3 saturated carbocycles. The highest BCUT2D eigenvalue weighted by molar-refractivity contribution is 6.30. The van der Waals surface area contributed by atoms with Gasteiger partial charge >= 0.3 is 0 Å². The highest BCUT2D eigenvalue weighted by Crippen LogP contribution is 2.68. The number of carbonyl (C=O) groups excluding carboxylic acids is 1. The van der Waals surface area contributed by atoms with Crippen molar-refractivity contribution in [2.45, 2.75) is 37.6 Å². The van der Waals surface area contributed by atoms with E-state index in [1.807, 2.05) is 18.2 Å². The van der Waals surface area contributed by atoms with E-state index in [-0.39, 0.29) is 34.2 Å². The van der Waals surface area contributed by atoms with Crippen LogP contribution in [0.25, 0.3) is 0 Å². The Bertz CT molecular complexity index is 860. The van der Waals surface area contributed by atoms with Crippen molar-refractivity contribution in [2.24, 2.45) is 5.41 Å². The Morgan fingerprint density at radius 3 is 2.79 bits per heavy atom. The molecule has 1 aromatic heterocycles. The summed E-state index contributed by atoms with van der Waals surface area (Å²) in [7, 11) is 0. The van der Waals surface area contributed by atoms with E-state index in [4.69, 9.17) is 16.3 Å². The highest BCUT2D eigenvalue weighted by Gasteiger charge is 2.71. The Balaban J connectivity index is 1.20. The fourth-order valence-corrected chi connectivity index (χ4v) is 4.37. The fourth-order valence-electron chi connectivity index (χ4n) is 4.26. The number of aromatic nitrogens is 1. The average molecular weight is 406 g/mol. The quantitative estimate of drug-likeness (QED) is 0.587. The molecule has 5 rings (SSSR count). The Hall–Kier alpha value is -2.22. The van der Waals surface area contributed by atoms with Crippen LogP contribution >= 0.6 is 11.6 Å². The van der Waals surface area contributed by atoms with Gasteiger partial charge in [0.2, 0.25) is 0 Å². The van der Waals surface area contributed by atoms with Crippen LogP contribution < -0.4 is 15.4 Å². The van der Waals surface area contributed by atoms with Gasteiger partial charge in [-0.3, -0.25) is 15.1 Å². The van der Waals surface area contributed by atoms with E-state index in [1.165, 1.54) is 12.1 Å².